The van der Waals surface area contributed by atoms with Crippen LogP contribution in [0, 0.1) is 0 Å². The van der Waals surface area contributed by atoms with Crippen LogP contribution in [0.1, 0.15) is 10.4 Å². The third-order valence-electron chi connectivity index (χ3n) is 4.42. The van der Waals surface area contributed by atoms with Gasteiger partial charge >= 0.3 is 0 Å². The molecule has 0 aromatic heterocycles. The van der Waals surface area contributed by atoms with Gasteiger partial charge in [-0.1, -0.05) is 23.7 Å². The maximum atomic E-state index is 13.3. The van der Waals surface area contributed by atoms with E-state index in [-0.39, 0.29) is 23.4 Å². The number of ether oxygens (including phenoxy) is 3. The quantitative estimate of drug-likeness (QED) is 0.783. The van der Waals surface area contributed by atoms with Gasteiger partial charge < -0.3 is 24.0 Å². The summed E-state index contributed by atoms with van der Waals surface area (Å²) in [6, 6.07) is 10.2. The summed E-state index contributed by atoms with van der Waals surface area (Å²) in [6.45, 7) is 0.0822. The van der Waals surface area contributed by atoms with Crippen LogP contribution in [0.2, 0.25) is 5.02 Å². The van der Waals surface area contributed by atoms with Gasteiger partial charge in [-0.15, -0.1) is 0 Å². The van der Waals surface area contributed by atoms with Crippen molar-refractivity contribution in [2.24, 2.45) is 0 Å². The molecule has 1 unspecified atom stereocenters. The number of halogens is 1. The van der Waals surface area contributed by atoms with Crippen molar-refractivity contribution >= 4 is 29.1 Å². The molecule has 1 heterocycles. The molecule has 0 fully saturated rings. The van der Waals surface area contributed by atoms with Crippen molar-refractivity contribution in [1.82, 2.24) is 4.90 Å². The predicted molar refractivity (Wildman–Crippen MR) is 106 cm³/mol. The summed E-state index contributed by atoms with van der Waals surface area (Å²) in [5.41, 5.74) is 0.900. The summed E-state index contributed by atoms with van der Waals surface area (Å²) in [7, 11) is 6.23. The van der Waals surface area contributed by atoms with Gasteiger partial charge in [0.25, 0.3) is 11.8 Å². The van der Waals surface area contributed by atoms with Gasteiger partial charge in [-0.2, -0.15) is 0 Å². The smallest absolute Gasteiger partial charge is 0.265 e. The summed E-state index contributed by atoms with van der Waals surface area (Å²) in [5, 5.41) is 0.257. The maximum Gasteiger partial charge on any atom is 0.265 e. The number of fused-ring (bicyclic) bond motifs is 1. The van der Waals surface area contributed by atoms with E-state index >= 15 is 0 Å². The molecule has 0 saturated heterocycles. The fourth-order valence-corrected chi connectivity index (χ4v) is 3.33. The number of nitrogens with zero attached hydrogens (tertiary/aromatic N) is 2. The zero-order chi connectivity index (χ0) is 20.4. The van der Waals surface area contributed by atoms with Crippen LogP contribution in [0.5, 0.6) is 17.2 Å². The standard InChI is InChI=1S/C20H21ClN2O5/c1-22(2)20(25)17-11-23(14-7-5-6-8-15(14)28-17)19(24)12-9-13(21)18(27-4)16(10-12)26-3/h5-10,17H,11H2,1-4H3. The molecule has 0 aliphatic carbocycles. The van der Waals surface area contributed by atoms with Crippen LogP contribution in [0.15, 0.2) is 36.4 Å². The van der Waals surface area contributed by atoms with Gasteiger partial charge in [0.2, 0.25) is 0 Å². The number of amides is 2. The molecule has 1 aliphatic heterocycles. The molecule has 7 nitrogen and oxygen atoms in total. The molecule has 2 aromatic rings. The first-order chi connectivity index (χ1) is 13.4. The number of hydrogen-bond acceptors (Lipinski definition) is 5. The molecule has 0 spiro atoms. The summed E-state index contributed by atoms with van der Waals surface area (Å²) >= 11 is 6.26. The number of hydrogen-bond donors (Lipinski definition) is 0. The third kappa shape index (κ3) is 3.57. The van der Waals surface area contributed by atoms with Gasteiger partial charge in [0.15, 0.2) is 17.6 Å². The molecule has 0 N–H and O–H groups in total. The van der Waals surface area contributed by atoms with Gasteiger partial charge in [0.1, 0.15) is 5.75 Å². The molecular formula is C20H21ClN2O5. The number of benzene rings is 2. The van der Waals surface area contributed by atoms with Crippen LogP contribution in [0.3, 0.4) is 0 Å². The van der Waals surface area contributed by atoms with E-state index in [2.05, 4.69) is 0 Å². The zero-order valence-corrected chi connectivity index (χ0v) is 16.8. The SMILES string of the molecule is COc1cc(C(=O)N2CC(C(=O)N(C)C)Oc3ccccc32)cc(Cl)c1OC. The van der Waals surface area contributed by atoms with E-state index < -0.39 is 6.10 Å². The highest BCUT2D eigenvalue weighted by molar-refractivity contribution is 6.33. The van der Waals surface area contributed by atoms with E-state index in [1.54, 1.807) is 44.4 Å². The molecule has 1 aliphatic rings. The van der Waals surface area contributed by atoms with Crippen molar-refractivity contribution < 1.29 is 23.8 Å². The fourth-order valence-electron chi connectivity index (χ4n) is 3.04. The summed E-state index contributed by atoms with van der Waals surface area (Å²) in [5.74, 6) is 0.617. The highest BCUT2D eigenvalue weighted by Crippen LogP contribution is 2.38. The second-order valence-electron chi connectivity index (χ2n) is 6.42. The molecule has 2 aromatic carbocycles. The second kappa shape index (κ2) is 7.98. The Balaban J connectivity index is 2.03. The number of anilines is 1. The largest absolute Gasteiger partial charge is 0.493 e. The van der Waals surface area contributed by atoms with E-state index in [0.717, 1.165) is 0 Å². The van der Waals surface area contributed by atoms with Crippen LogP contribution in [-0.4, -0.2) is 57.7 Å². The number of rotatable bonds is 4. The average Bonchev–Trinajstić information content (AvgIpc) is 2.70. The Morgan fingerprint density at radius 3 is 2.54 bits per heavy atom. The number of likely N-dealkylation sites (N-methyl/N-ethyl adjacent to an activating group) is 1. The molecule has 8 heteroatoms. The van der Waals surface area contributed by atoms with Crippen molar-refractivity contribution in [3.8, 4) is 17.2 Å². The number of carbonyl (C=O) groups excluding carboxylic acids is 2. The van der Waals surface area contributed by atoms with Crippen molar-refractivity contribution in [3.63, 3.8) is 0 Å². The molecule has 0 radical (unpaired) electrons. The first-order valence-corrected chi connectivity index (χ1v) is 8.95. The zero-order valence-electron chi connectivity index (χ0n) is 16.1. The Kier molecular flexibility index (Phi) is 5.65. The molecule has 0 bridgehead atoms. The monoisotopic (exact) mass is 404 g/mol. The highest BCUT2D eigenvalue weighted by Gasteiger charge is 2.35. The summed E-state index contributed by atoms with van der Waals surface area (Å²) in [6.07, 6.45) is -0.801. The van der Waals surface area contributed by atoms with E-state index in [1.165, 1.54) is 30.1 Å². The normalized spacial score (nSPS) is 15.3. The third-order valence-corrected chi connectivity index (χ3v) is 4.70. The van der Waals surface area contributed by atoms with Gasteiger partial charge in [0, 0.05) is 19.7 Å². The molecule has 3 rings (SSSR count). The van der Waals surface area contributed by atoms with Crippen LogP contribution in [-0.2, 0) is 4.79 Å². The van der Waals surface area contributed by atoms with Crippen LogP contribution >= 0.6 is 11.6 Å². The second-order valence-corrected chi connectivity index (χ2v) is 6.82. The first-order valence-electron chi connectivity index (χ1n) is 8.57. The lowest BCUT2D eigenvalue weighted by atomic mass is 10.1. The lowest BCUT2D eigenvalue weighted by Crippen LogP contribution is -2.50. The van der Waals surface area contributed by atoms with E-state index in [9.17, 15) is 9.59 Å². The lowest BCUT2D eigenvalue weighted by molar-refractivity contribution is -0.135. The maximum absolute atomic E-state index is 13.3. The van der Waals surface area contributed by atoms with Crippen LogP contribution in [0.4, 0.5) is 5.69 Å². The van der Waals surface area contributed by atoms with E-state index in [1.807, 2.05) is 0 Å². The lowest BCUT2D eigenvalue weighted by Gasteiger charge is -2.35. The molecule has 2 amide bonds. The topological polar surface area (TPSA) is 68.3 Å². The van der Waals surface area contributed by atoms with Crippen molar-refractivity contribution in [2.45, 2.75) is 6.10 Å². The van der Waals surface area contributed by atoms with Gasteiger partial charge in [-0.3, -0.25) is 9.59 Å². The molecular weight excluding hydrogens is 384 g/mol. The number of methoxy groups -OCH3 is 2. The Labute approximate surface area is 168 Å². The molecule has 0 saturated carbocycles. The first kappa shape index (κ1) is 19.8. The Bertz CT molecular complexity index is 915. The Morgan fingerprint density at radius 1 is 1.18 bits per heavy atom. The minimum Gasteiger partial charge on any atom is -0.493 e. The Hall–Kier alpha value is -2.93. The molecule has 1 atom stereocenters. The van der Waals surface area contributed by atoms with Gasteiger partial charge in [0.05, 0.1) is 31.5 Å². The van der Waals surface area contributed by atoms with Gasteiger partial charge in [-0.25, -0.2) is 0 Å². The highest BCUT2D eigenvalue weighted by atomic mass is 35.5. The predicted octanol–water partition coefficient (Wildman–Crippen LogP) is 2.85. The number of carbonyl (C=O) groups is 2. The minimum absolute atomic E-state index is 0.0822. The van der Waals surface area contributed by atoms with Crippen LogP contribution in [0.25, 0.3) is 0 Å². The van der Waals surface area contributed by atoms with E-state index in [0.29, 0.717) is 28.5 Å². The average molecular weight is 405 g/mol. The summed E-state index contributed by atoms with van der Waals surface area (Å²) < 4.78 is 16.3. The van der Waals surface area contributed by atoms with Crippen molar-refractivity contribution in [2.75, 3.05) is 39.8 Å². The summed E-state index contributed by atoms with van der Waals surface area (Å²) in [4.78, 5) is 28.7. The minimum atomic E-state index is -0.801. The molecule has 28 heavy (non-hydrogen) atoms. The van der Waals surface area contributed by atoms with Crippen LogP contribution < -0.4 is 19.1 Å². The fraction of sp³-hybridized carbons (Fsp3) is 0.300. The van der Waals surface area contributed by atoms with Crippen molar-refractivity contribution in [3.05, 3.63) is 47.0 Å². The van der Waals surface area contributed by atoms with Gasteiger partial charge in [-0.05, 0) is 24.3 Å². The van der Waals surface area contributed by atoms with E-state index in [4.69, 9.17) is 25.8 Å². The number of para-hydroxylation sites is 2. The Morgan fingerprint density at radius 2 is 1.89 bits per heavy atom. The van der Waals surface area contributed by atoms with Crippen molar-refractivity contribution in [1.29, 1.82) is 0 Å². The molecule has 148 valence electrons.